The number of amides is 1. The Kier molecular flexibility index (Phi) is 6.05. The van der Waals surface area contributed by atoms with Gasteiger partial charge in [-0.3, -0.25) is 4.79 Å². The zero-order valence-electron chi connectivity index (χ0n) is 10.0. The van der Waals surface area contributed by atoms with Crippen LogP contribution in [0.4, 0.5) is 0 Å². The number of halogens is 1. The molecule has 0 aliphatic carbocycles. The van der Waals surface area contributed by atoms with Crippen molar-refractivity contribution in [3.8, 4) is 5.75 Å². The third-order valence-corrected chi connectivity index (χ3v) is 3.11. The fraction of sp³-hybridized carbons (Fsp3) is 0.462. The molecule has 2 N–H and O–H groups in total. The Morgan fingerprint density at radius 1 is 1.35 bits per heavy atom. The standard InChI is InChI=1S/C13H18BrNO2/c1-10-9-11(16)5-6-12(10)13(17)15-8-4-2-3-7-14/h5-6,9,16H,2-4,7-8H2,1H3,(H,15,17). The lowest BCUT2D eigenvalue weighted by Gasteiger charge is -2.07. The van der Waals surface area contributed by atoms with Crippen molar-refractivity contribution in [2.24, 2.45) is 0 Å². The maximum absolute atomic E-state index is 11.8. The molecule has 0 fully saturated rings. The number of carbonyl (C=O) groups is 1. The van der Waals surface area contributed by atoms with Crippen molar-refractivity contribution in [1.82, 2.24) is 5.32 Å². The third kappa shape index (κ3) is 4.77. The van der Waals surface area contributed by atoms with Gasteiger partial charge in [0.1, 0.15) is 5.75 Å². The number of aryl methyl sites for hydroxylation is 1. The number of hydrogen-bond acceptors (Lipinski definition) is 2. The summed E-state index contributed by atoms with van der Waals surface area (Å²) in [5, 5.41) is 13.2. The number of rotatable bonds is 6. The van der Waals surface area contributed by atoms with E-state index in [2.05, 4.69) is 21.2 Å². The molecule has 17 heavy (non-hydrogen) atoms. The second-order valence-corrected chi connectivity index (χ2v) is 4.80. The van der Waals surface area contributed by atoms with Gasteiger partial charge in [-0.05, 0) is 43.5 Å². The zero-order valence-corrected chi connectivity index (χ0v) is 11.6. The molecule has 0 saturated heterocycles. The van der Waals surface area contributed by atoms with Crippen LogP contribution >= 0.6 is 15.9 Å². The van der Waals surface area contributed by atoms with Crippen LogP contribution in [0.15, 0.2) is 18.2 Å². The van der Waals surface area contributed by atoms with Crippen LogP contribution in [-0.2, 0) is 0 Å². The second-order valence-electron chi connectivity index (χ2n) is 4.00. The topological polar surface area (TPSA) is 49.3 Å². The molecule has 0 heterocycles. The van der Waals surface area contributed by atoms with Crippen LogP contribution in [0.25, 0.3) is 0 Å². The number of phenolic OH excluding ortho intramolecular Hbond substituents is 1. The van der Waals surface area contributed by atoms with E-state index < -0.39 is 0 Å². The van der Waals surface area contributed by atoms with Gasteiger partial charge in [-0.1, -0.05) is 22.4 Å². The summed E-state index contributed by atoms with van der Waals surface area (Å²) < 4.78 is 0. The van der Waals surface area contributed by atoms with E-state index in [1.807, 2.05) is 6.92 Å². The van der Waals surface area contributed by atoms with Crippen molar-refractivity contribution in [2.75, 3.05) is 11.9 Å². The van der Waals surface area contributed by atoms with E-state index in [4.69, 9.17) is 0 Å². The van der Waals surface area contributed by atoms with E-state index in [1.54, 1.807) is 12.1 Å². The number of aromatic hydroxyl groups is 1. The van der Waals surface area contributed by atoms with Crippen molar-refractivity contribution in [2.45, 2.75) is 26.2 Å². The molecular formula is C13H18BrNO2. The first-order chi connectivity index (χ1) is 8.15. The zero-order chi connectivity index (χ0) is 12.7. The van der Waals surface area contributed by atoms with Gasteiger partial charge >= 0.3 is 0 Å². The van der Waals surface area contributed by atoms with Crippen molar-refractivity contribution in [1.29, 1.82) is 0 Å². The van der Waals surface area contributed by atoms with Crippen LogP contribution in [0.1, 0.15) is 35.2 Å². The van der Waals surface area contributed by atoms with E-state index >= 15 is 0 Å². The summed E-state index contributed by atoms with van der Waals surface area (Å²) in [6.45, 7) is 2.52. The predicted octanol–water partition coefficient (Wildman–Crippen LogP) is 3.00. The average Bonchev–Trinajstić information content (AvgIpc) is 2.28. The Hall–Kier alpha value is -1.03. The molecule has 0 aliphatic rings. The lowest BCUT2D eigenvalue weighted by Crippen LogP contribution is -2.25. The Balaban J connectivity index is 2.42. The summed E-state index contributed by atoms with van der Waals surface area (Å²) in [6, 6.07) is 4.78. The normalized spacial score (nSPS) is 10.2. The number of benzene rings is 1. The minimum absolute atomic E-state index is 0.0682. The summed E-state index contributed by atoms with van der Waals surface area (Å²) in [5.74, 6) is 0.123. The molecule has 1 aromatic carbocycles. The van der Waals surface area contributed by atoms with Crippen LogP contribution in [0.3, 0.4) is 0 Å². The molecule has 1 aromatic rings. The molecule has 0 spiro atoms. The van der Waals surface area contributed by atoms with E-state index in [1.165, 1.54) is 6.07 Å². The number of nitrogens with one attached hydrogen (secondary N) is 1. The first-order valence-corrected chi connectivity index (χ1v) is 6.91. The fourth-order valence-electron chi connectivity index (χ4n) is 1.60. The van der Waals surface area contributed by atoms with Crippen molar-refractivity contribution in [3.63, 3.8) is 0 Å². The first kappa shape index (κ1) is 14.0. The summed E-state index contributed by atoms with van der Waals surface area (Å²) >= 11 is 3.37. The number of hydrogen-bond donors (Lipinski definition) is 2. The van der Waals surface area contributed by atoms with Gasteiger partial charge in [0.05, 0.1) is 0 Å². The molecule has 1 amide bonds. The molecule has 3 nitrogen and oxygen atoms in total. The van der Waals surface area contributed by atoms with Crippen LogP contribution in [0, 0.1) is 6.92 Å². The molecule has 0 aliphatic heterocycles. The third-order valence-electron chi connectivity index (χ3n) is 2.55. The summed E-state index contributed by atoms with van der Waals surface area (Å²) in [5.41, 5.74) is 1.42. The lowest BCUT2D eigenvalue weighted by molar-refractivity contribution is 0.0952. The van der Waals surface area contributed by atoms with Gasteiger partial charge in [0, 0.05) is 17.4 Å². The van der Waals surface area contributed by atoms with Gasteiger partial charge in [0.2, 0.25) is 0 Å². The van der Waals surface area contributed by atoms with Crippen LogP contribution in [-0.4, -0.2) is 22.9 Å². The van der Waals surface area contributed by atoms with Gasteiger partial charge in [-0.15, -0.1) is 0 Å². The monoisotopic (exact) mass is 299 g/mol. The molecule has 0 radical (unpaired) electrons. The largest absolute Gasteiger partial charge is 0.508 e. The number of alkyl halides is 1. The van der Waals surface area contributed by atoms with Gasteiger partial charge < -0.3 is 10.4 Å². The molecule has 0 aromatic heterocycles. The minimum Gasteiger partial charge on any atom is -0.508 e. The highest BCUT2D eigenvalue weighted by atomic mass is 79.9. The van der Waals surface area contributed by atoms with Crippen LogP contribution in [0.5, 0.6) is 5.75 Å². The fourth-order valence-corrected chi connectivity index (χ4v) is 1.99. The van der Waals surface area contributed by atoms with E-state index in [-0.39, 0.29) is 11.7 Å². The molecule has 94 valence electrons. The van der Waals surface area contributed by atoms with Gasteiger partial charge in [0.15, 0.2) is 0 Å². The highest BCUT2D eigenvalue weighted by Crippen LogP contribution is 2.15. The van der Waals surface area contributed by atoms with Crippen molar-refractivity contribution in [3.05, 3.63) is 29.3 Å². The predicted molar refractivity (Wildman–Crippen MR) is 72.8 cm³/mol. The molecule has 0 bridgehead atoms. The Morgan fingerprint density at radius 2 is 2.12 bits per heavy atom. The van der Waals surface area contributed by atoms with E-state index in [0.717, 1.165) is 30.2 Å². The van der Waals surface area contributed by atoms with Gasteiger partial charge in [-0.25, -0.2) is 0 Å². The molecule has 4 heteroatoms. The molecule has 0 saturated carbocycles. The van der Waals surface area contributed by atoms with E-state index in [0.29, 0.717) is 12.1 Å². The number of carbonyl (C=O) groups excluding carboxylic acids is 1. The second kappa shape index (κ2) is 7.33. The quantitative estimate of drug-likeness (QED) is 0.627. The molecule has 0 atom stereocenters. The summed E-state index contributed by atoms with van der Waals surface area (Å²) in [4.78, 5) is 11.8. The minimum atomic E-state index is -0.0682. The highest BCUT2D eigenvalue weighted by Gasteiger charge is 2.08. The lowest BCUT2D eigenvalue weighted by atomic mass is 10.1. The Morgan fingerprint density at radius 3 is 2.76 bits per heavy atom. The highest BCUT2D eigenvalue weighted by molar-refractivity contribution is 9.09. The number of phenols is 1. The maximum Gasteiger partial charge on any atom is 0.251 e. The maximum atomic E-state index is 11.8. The first-order valence-electron chi connectivity index (χ1n) is 5.79. The summed E-state index contributed by atoms with van der Waals surface area (Å²) in [6.07, 6.45) is 3.24. The Bertz CT molecular complexity index is 380. The molecule has 1 rings (SSSR count). The summed E-state index contributed by atoms with van der Waals surface area (Å²) in [7, 11) is 0. The van der Waals surface area contributed by atoms with Gasteiger partial charge in [-0.2, -0.15) is 0 Å². The van der Waals surface area contributed by atoms with Gasteiger partial charge in [0.25, 0.3) is 5.91 Å². The SMILES string of the molecule is Cc1cc(O)ccc1C(=O)NCCCCCBr. The average molecular weight is 300 g/mol. The van der Waals surface area contributed by atoms with E-state index in [9.17, 15) is 9.90 Å². The number of unbranched alkanes of at least 4 members (excludes halogenated alkanes) is 2. The van der Waals surface area contributed by atoms with Crippen molar-refractivity contribution < 1.29 is 9.90 Å². The van der Waals surface area contributed by atoms with Crippen molar-refractivity contribution >= 4 is 21.8 Å². The van der Waals surface area contributed by atoms with Crippen LogP contribution in [0.2, 0.25) is 0 Å². The smallest absolute Gasteiger partial charge is 0.251 e. The molecular weight excluding hydrogens is 282 g/mol. The van der Waals surface area contributed by atoms with Crippen LogP contribution < -0.4 is 5.32 Å². The Labute approximate surface area is 110 Å². The molecule has 0 unspecified atom stereocenters.